The van der Waals surface area contributed by atoms with Crippen LogP contribution in [0.4, 0.5) is 17.5 Å². The van der Waals surface area contributed by atoms with Gasteiger partial charge in [0.25, 0.3) is 10.1 Å². The van der Waals surface area contributed by atoms with Crippen molar-refractivity contribution in [1.82, 2.24) is 63.0 Å². The molecule has 0 unspecified atom stereocenters. The van der Waals surface area contributed by atoms with E-state index in [4.69, 9.17) is 51.3 Å². The Kier molecular flexibility index (Phi) is 18.2. The first-order valence-corrected chi connectivity index (χ1v) is 38.9. The number of β-amino-alcohol motifs (C(OH)–C–C–N with tert-alkyl or cyclic N) is 1. The van der Waals surface area contributed by atoms with Crippen molar-refractivity contribution in [2.75, 3.05) is 50.0 Å². The van der Waals surface area contributed by atoms with Crippen molar-refractivity contribution in [2.45, 2.75) is 91.3 Å². The highest BCUT2D eigenvalue weighted by molar-refractivity contribution is 7.86. The van der Waals surface area contributed by atoms with Gasteiger partial charge in [-0.1, -0.05) is 163 Å². The highest BCUT2D eigenvalue weighted by Crippen LogP contribution is 2.50. The van der Waals surface area contributed by atoms with Crippen molar-refractivity contribution in [3.8, 4) is 67.5 Å². The van der Waals surface area contributed by atoms with Crippen LogP contribution in [0.2, 0.25) is 0 Å². The minimum absolute atomic E-state index is 0.0356. The van der Waals surface area contributed by atoms with Crippen molar-refractivity contribution in [3.05, 3.63) is 266 Å². The standard InChI is InChI=1S/C33H29N5O4S.C29H28N6O.C26H23N5O2/c1-21-7-12-26(13-8-21)43(40,41)42-20-33(39)18-25(19-33)32-37-29(30-31(34)35-15-16-38(30)32)24-10-9-23-11-14-27(36-28(23)17-24)22-5-3-2-4-6-22;30-27-26-25(21-8-7-20-9-10-23(32-24(20)15-21)19-5-2-1-3-6-19)33-28(35(26)14-11-31-27)22-16-29(36,17-22)18-34-12-4-13-34;27-24-23-22(30-25(31(23)11-10-28-24)19-13-26(33,14-19)15-32)18-7-6-17-8-9-20(29-21(17)12-18)16-4-2-1-3-5-16/h2-17,25,39H,18-20H2,1H3,(H2,34,35);1-3,5-11,14-15,22,36H,4,12-13,16-18H2,(H2,30,31);1-12,19,32-33H,13-15H2,(H2,27,28). The van der Waals surface area contributed by atoms with Gasteiger partial charge < -0.3 is 42.5 Å². The van der Waals surface area contributed by atoms with Gasteiger partial charge in [-0.3, -0.25) is 17.4 Å². The van der Waals surface area contributed by atoms with E-state index in [1.165, 1.54) is 18.6 Å². The van der Waals surface area contributed by atoms with Gasteiger partial charge in [0.1, 0.15) is 68.6 Å². The average molecular weight is 1510 g/mol. The molecule has 9 aromatic heterocycles. The summed E-state index contributed by atoms with van der Waals surface area (Å²) in [7, 11) is -3.99. The highest BCUT2D eigenvalue weighted by atomic mass is 32.2. The van der Waals surface area contributed by atoms with Gasteiger partial charge >= 0.3 is 0 Å². The number of fused-ring (bicyclic) bond motifs is 6. The molecule has 7 aromatic carbocycles. The number of pyridine rings is 3. The Hall–Kier alpha value is -12.3. The molecule has 0 amide bonds. The number of nitrogen functional groups attached to an aromatic ring is 3. The molecule has 0 atom stereocenters. The third kappa shape index (κ3) is 13.7. The number of aliphatic hydroxyl groups excluding tert-OH is 1. The molecule has 3 saturated carbocycles. The van der Waals surface area contributed by atoms with Crippen LogP contribution in [-0.2, 0) is 14.3 Å². The summed E-state index contributed by atoms with van der Waals surface area (Å²) in [5.41, 5.74) is 32.7. The first kappa shape index (κ1) is 71.4. The number of aliphatic hydroxyl groups is 4. The molecular weight excluding hydrogens is 1430 g/mol. The largest absolute Gasteiger partial charge is 0.393 e. The molecule has 1 saturated heterocycles. The van der Waals surface area contributed by atoms with Crippen molar-refractivity contribution >= 4 is 76.8 Å². The number of rotatable bonds is 16. The van der Waals surface area contributed by atoms with Crippen molar-refractivity contribution in [2.24, 2.45) is 0 Å². The van der Waals surface area contributed by atoms with Gasteiger partial charge in [0.15, 0.2) is 0 Å². The first-order chi connectivity index (χ1) is 54.3. The Morgan fingerprint density at radius 3 is 1.12 bits per heavy atom. The number of anilines is 3. The van der Waals surface area contributed by atoms with Gasteiger partial charge in [0.05, 0.1) is 68.5 Å². The van der Waals surface area contributed by atoms with E-state index in [-0.39, 0.29) is 48.7 Å². The predicted octanol–water partition coefficient (Wildman–Crippen LogP) is 13.8. The maximum Gasteiger partial charge on any atom is 0.297 e. The molecule has 3 aliphatic carbocycles. The highest BCUT2D eigenvalue weighted by Gasteiger charge is 2.49. The molecule has 23 nitrogen and oxygen atoms in total. The van der Waals surface area contributed by atoms with E-state index in [0.29, 0.717) is 54.3 Å². The molecule has 1 aliphatic heterocycles. The number of nitrogens with zero attached hydrogens (tertiary/aromatic N) is 13. The molecule has 20 rings (SSSR count). The fourth-order valence-electron chi connectivity index (χ4n) is 16.2. The number of aromatic nitrogens is 12. The zero-order chi connectivity index (χ0) is 76.6. The fraction of sp³-hybridized carbons (Fsp3) is 0.216. The van der Waals surface area contributed by atoms with Crippen LogP contribution in [0.15, 0.2) is 248 Å². The Morgan fingerprint density at radius 2 is 0.777 bits per heavy atom. The average Bonchev–Trinajstić information content (AvgIpc) is 1.59. The van der Waals surface area contributed by atoms with Crippen molar-refractivity contribution < 1.29 is 33.0 Å². The smallest absolute Gasteiger partial charge is 0.297 e. The zero-order valence-electron chi connectivity index (χ0n) is 61.3. The number of benzene rings is 7. The Bertz CT molecular complexity index is 6380. The number of hydrogen-bond acceptors (Lipinski definition) is 20. The molecule has 10 heterocycles. The quantitative estimate of drug-likeness (QED) is 0.0442. The summed E-state index contributed by atoms with van der Waals surface area (Å²) >= 11 is 0. The van der Waals surface area contributed by atoms with E-state index < -0.39 is 26.9 Å². The summed E-state index contributed by atoms with van der Waals surface area (Å²) in [5.74, 6) is 3.74. The minimum Gasteiger partial charge on any atom is -0.393 e. The molecule has 4 aliphatic rings. The van der Waals surface area contributed by atoms with Crippen LogP contribution in [-0.4, -0.2) is 141 Å². The number of imidazole rings is 3. The summed E-state index contributed by atoms with van der Waals surface area (Å²) < 4.78 is 36.5. The van der Waals surface area contributed by atoms with Crippen LogP contribution >= 0.6 is 0 Å². The lowest BCUT2D eigenvalue weighted by Crippen LogP contribution is -2.54. The SMILES string of the molecule is Cc1ccc(S(=O)(=O)OCC2(O)CC(c3nc(-c4ccc5ccc(-c6ccccc6)nc5c4)c4c(N)nccn34)C2)cc1.Nc1nccn2c(C3CC(O)(CN4CCC4)C3)nc(-c3ccc4ccc(-c5ccccc5)nc4c3)c12.Nc1nccn2c(C3CC(O)(CO)C3)nc(-c3ccc4ccc(-c5ccccc5)nc4c3)c12. The van der Waals surface area contributed by atoms with Gasteiger partial charge in [0.2, 0.25) is 0 Å². The van der Waals surface area contributed by atoms with Crippen LogP contribution < -0.4 is 17.2 Å². The molecule has 24 heteroatoms. The van der Waals surface area contributed by atoms with E-state index in [1.807, 2.05) is 156 Å². The molecular formula is C88H80N16O7S. The predicted molar refractivity (Wildman–Crippen MR) is 434 cm³/mol. The monoisotopic (exact) mass is 1500 g/mol. The zero-order valence-corrected chi connectivity index (χ0v) is 62.1. The lowest BCUT2D eigenvalue weighted by Gasteiger charge is -2.47. The molecule has 112 heavy (non-hydrogen) atoms. The second-order valence-corrected chi connectivity index (χ2v) is 31.9. The molecule has 0 spiro atoms. The fourth-order valence-corrected chi connectivity index (χ4v) is 17.2. The summed E-state index contributed by atoms with van der Waals surface area (Å²) in [6.45, 7) is 4.23. The number of likely N-dealkylation sites (tertiary alicyclic amines) is 1. The van der Waals surface area contributed by atoms with Crippen LogP contribution in [0.25, 0.3) is 117 Å². The van der Waals surface area contributed by atoms with Crippen molar-refractivity contribution in [1.29, 1.82) is 0 Å². The van der Waals surface area contributed by atoms with E-state index in [9.17, 15) is 28.8 Å². The first-order valence-electron chi connectivity index (χ1n) is 37.5. The summed E-state index contributed by atoms with van der Waals surface area (Å²) in [6.07, 6.45) is 14.7. The van der Waals surface area contributed by atoms with Gasteiger partial charge in [-0.15, -0.1) is 0 Å². The molecule has 0 bridgehead atoms. The lowest BCUT2D eigenvalue weighted by molar-refractivity contribution is -0.0882. The third-order valence-electron chi connectivity index (χ3n) is 22.3. The molecule has 16 aromatic rings. The minimum atomic E-state index is -3.99. The van der Waals surface area contributed by atoms with Crippen LogP contribution in [0, 0.1) is 6.92 Å². The van der Waals surface area contributed by atoms with Crippen LogP contribution in [0.3, 0.4) is 0 Å². The van der Waals surface area contributed by atoms with E-state index in [0.717, 1.165) is 148 Å². The maximum absolute atomic E-state index is 12.7. The van der Waals surface area contributed by atoms with Gasteiger partial charge in [-0.05, 0) is 113 Å². The van der Waals surface area contributed by atoms with Crippen LogP contribution in [0.5, 0.6) is 0 Å². The normalized spacial score (nSPS) is 20.2. The van der Waals surface area contributed by atoms with Gasteiger partial charge in [0, 0.05) is 111 Å². The summed E-state index contributed by atoms with van der Waals surface area (Å²) in [6, 6.07) is 67.4. The Morgan fingerprint density at radius 1 is 0.429 bits per heavy atom. The second-order valence-electron chi connectivity index (χ2n) is 30.3. The molecule has 0 radical (unpaired) electrons. The van der Waals surface area contributed by atoms with Gasteiger partial charge in [-0.25, -0.2) is 44.9 Å². The van der Waals surface area contributed by atoms with Crippen molar-refractivity contribution in [3.63, 3.8) is 0 Å². The van der Waals surface area contributed by atoms with Gasteiger partial charge in [-0.2, -0.15) is 8.42 Å². The summed E-state index contributed by atoms with van der Waals surface area (Å²) in [4.78, 5) is 45.1. The number of aryl methyl sites for hydroxylation is 1. The lowest BCUT2D eigenvalue weighted by atomic mass is 9.70. The third-order valence-corrected chi connectivity index (χ3v) is 23.6. The van der Waals surface area contributed by atoms with E-state index in [1.54, 1.807) is 36.9 Å². The van der Waals surface area contributed by atoms with E-state index >= 15 is 0 Å². The second kappa shape index (κ2) is 28.6. The van der Waals surface area contributed by atoms with Crippen LogP contribution in [0.1, 0.15) is 85.7 Å². The molecule has 4 fully saturated rings. The number of hydrogen-bond donors (Lipinski definition) is 7. The van der Waals surface area contributed by atoms with E-state index in [2.05, 4.69) is 78.8 Å². The molecule has 10 N–H and O–H groups in total. The maximum atomic E-state index is 12.7. The molecule has 560 valence electrons. The summed E-state index contributed by atoms with van der Waals surface area (Å²) in [5, 5.41) is 45.0. The Balaban J connectivity index is 0.000000118. The Labute approximate surface area is 644 Å². The topological polar surface area (TPSA) is 335 Å². The number of nitrogens with two attached hydrogens (primary N) is 3.